The van der Waals surface area contributed by atoms with Crippen molar-refractivity contribution in [2.24, 2.45) is 11.1 Å². The summed E-state index contributed by atoms with van der Waals surface area (Å²) in [7, 11) is -7.67. The molecule has 0 heterocycles. The van der Waals surface area contributed by atoms with E-state index in [0.29, 0.717) is 0 Å². The summed E-state index contributed by atoms with van der Waals surface area (Å²) in [5.41, 5.74) is 0. The lowest BCUT2D eigenvalue weighted by atomic mass is 9.91. The van der Waals surface area contributed by atoms with Crippen LogP contribution in [0.25, 0.3) is 0 Å². The lowest BCUT2D eigenvalue weighted by molar-refractivity contribution is 0.385. The molecule has 1 saturated carbocycles. The van der Waals surface area contributed by atoms with Crippen molar-refractivity contribution in [3.05, 3.63) is 24.3 Å². The largest absolute Gasteiger partial charge is 0.239 e. The predicted octanol–water partition coefficient (Wildman–Crippen LogP) is 1.69. The third-order valence-corrected chi connectivity index (χ3v) is 6.71. The summed E-state index contributed by atoms with van der Waals surface area (Å²) >= 11 is 0. The third kappa shape index (κ3) is 3.59. The molecule has 5 nitrogen and oxygen atoms in total. The zero-order valence-electron chi connectivity index (χ0n) is 11.2. The van der Waals surface area contributed by atoms with E-state index >= 15 is 0 Å². The number of sulfonamides is 1. The summed E-state index contributed by atoms with van der Waals surface area (Å²) in [6.07, 6.45) is 4.99. The van der Waals surface area contributed by atoms with Gasteiger partial charge in [0, 0.05) is 0 Å². The summed E-state index contributed by atoms with van der Waals surface area (Å²) in [4.78, 5) is -0.483. The summed E-state index contributed by atoms with van der Waals surface area (Å²) in [6, 6.07) is 5.54. The van der Waals surface area contributed by atoms with Crippen LogP contribution in [0.15, 0.2) is 34.1 Å². The molecule has 1 aliphatic rings. The van der Waals surface area contributed by atoms with E-state index in [1.165, 1.54) is 24.3 Å². The molecule has 0 unspecified atom stereocenters. The highest BCUT2D eigenvalue weighted by Gasteiger charge is 2.27. The molecule has 0 amide bonds. The summed E-state index contributed by atoms with van der Waals surface area (Å²) in [5, 5.41) is 5.10. The van der Waals surface area contributed by atoms with E-state index in [0.717, 1.165) is 32.1 Å². The standard InChI is InChI=1S/C13H19NO4S2/c14-20(17,18)13-9-5-4-8-12(13)19(15,16)10-11-6-2-1-3-7-11/h4-5,8-9,11H,1-3,6-7,10H2,(H2,14,17,18). The van der Waals surface area contributed by atoms with Crippen molar-refractivity contribution in [2.45, 2.75) is 41.9 Å². The fraction of sp³-hybridized carbons (Fsp3) is 0.538. The highest BCUT2D eigenvalue weighted by atomic mass is 32.2. The van der Waals surface area contributed by atoms with E-state index in [1.54, 1.807) is 0 Å². The van der Waals surface area contributed by atoms with E-state index < -0.39 is 19.9 Å². The van der Waals surface area contributed by atoms with Gasteiger partial charge < -0.3 is 0 Å². The van der Waals surface area contributed by atoms with E-state index in [9.17, 15) is 16.8 Å². The van der Waals surface area contributed by atoms with Gasteiger partial charge in [-0.05, 0) is 30.9 Å². The van der Waals surface area contributed by atoms with Crippen molar-refractivity contribution in [1.29, 1.82) is 0 Å². The molecule has 0 saturated heterocycles. The number of benzene rings is 1. The monoisotopic (exact) mass is 317 g/mol. The molecule has 1 aliphatic carbocycles. The van der Waals surface area contributed by atoms with E-state index in [-0.39, 0.29) is 21.5 Å². The van der Waals surface area contributed by atoms with Gasteiger partial charge in [-0.2, -0.15) is 0 Å². The third-order valence-electron chi connectivity index (χ3n) is 3.67. The van der Waals surface area contributed by atoms with Gasteiger partial charge in [0.1, 0.15) is 4.90 Å². The molecule has 1 aromatic rings. The Bertz CT molecular complexity index is 674. The lowest BCUT2D eigenvalue weighted by Gasteiger charge is -2.21. The Labute approximate surface area is 120 Å². The van der Waals surface area contributed by atoms with Crippen LogP contribution in [0.2, 0.25) is 0 Å². The van der Waals surface area contributed by atoms with Crippen LogP contribution in [0.1, 0.15) is 32.1 Å². The van der Waals surface area contributed by atoms with Gasteiger partial charge in [-0.25, -0.2) is 22.0 Å². The molecule has 2 rings (SSSR count). The molecular formula is C13H19NO4S2. The summed E-state index contributed by atoms with van der Waals surface area (Å²) in [5.74, 6) is 0.113. The van der Waals surface area contributed by atoms with Gasteiger partial charge in [0.15, 0.2) is 9.84 Å². The molecule has 0 aliphatic heterocycles. The highest BCUT2D eigenvalue weighted by Crippen LogP contribution is 2.29. The van der Waals surface area contributed by atoms with Gasteiger partial charge in [-0.1, -0.05) is 31.4 Å². The van der Waals surface area contributed by atoms with Crippen molar-refractivity contribution in [1.82, 2.24) is 0 Å². The summed E-state index contributed by atoms with van der Waals surface area (Å²) in [6.45, 7) is 0. The molecule has 0 spiro atoms. The van der Waals surface area contributed by atoms with E-state index in [1.807, 2.05) is 0 Å². The number of primary sulfonamides is 1. The fourth-order valence-corrected chi connectivity index (χ4v) is 5.84. The topological polar surface area (TPSA) is 94.3 Å². The first-order chi connectivity index (χ1) is 9.31. The molecule has 0 atom stereocenters. The van der Waals surface area contributed by atoms with E-state index in [2.05, 4.69) is 0 Å². The quantitative estimate of drug-likeness (QED) is 0.914. The van der Waals surface area contributed by atoms with Crippen LogP contribution >= 0.6 is 0 Å². The molecule has 0 radical (unpaired) electrons. The molecule has 1 aromatic carbocycles. The first-order valence-corrected chi connectivity index (χ1v) is 9.85. The van der Waals surface area contributed by atoms with Crippen LogP contribution in [0.3, 0.4) is 0 Å². The SMILES string of the molecule is NS(=O)(=O)c1ccccc1S(=O)(=O)CC1CCCCC1. The Hall–Kier alpha value is -0.920. The first kappa shape index (κ1) is 15.5. The number of hydrogen-bond acceptors (Lipinski definition) is 4. The Morgan fingerprint density at radius 3 is 2.05 bits per heavy atom. The van der Waals surface area contributed by atoms with Crippen LogP contribution in [-0.2, 0) is 19.9 Å². The zero-order valence-corrected chi connectivity index (χ0v) is 12.8. The van der Waals surface area contributed by atoms with Gasteiger partial charge in [0.2, 0.25) is 10.0 Å². The van der Waals surface area contributed by atoms with Crippen LogP contribution in [0, 0.1) is 5.92 Å². The second-order valence-corrected chi connectivity index (χ2v) is 8.81. The van der Waals surface area contributed by atoms with Crippen LogP contribution in [-0.4, -0.2) is 22.6 Å². The maximum absolute atomic E-state index is 12.4. The molecule has 0 aromatic heterocycles. The molecule has 2 N–H and O–H groups in total. The normalized spacial score (nSPS) is 18.1. The lowest BCUT2D eigenvalue weighted by Crippen LogP contribution is -2.22. The number of hydrogen-bond donors (Lipinski definition) is 1. The molecule has 1 fully saturated rings. The van der Waals surface area contributed by atoms with Gasteiger partial charge in [0.05, 0.1) is 10.6 Å². The Morgan fingerprint density at radius 2 is 1.50 bits per heavy atom. The Kier molecular flexibility index (Phi) is 4.51. The maximum atomic E-state index is 12.4. The minimum atomic E-state index is -4.04. The average molecular weight is 317 g/mol. The number of sulfone groups is 1. The van der Waals surface area contributed by atoms with Crippen LogP contribution < -0.4 is 5.14 Å². The van der Waals surface area contributed by atoms with Gasteiger partial charge in [-0.15, -0.1) is 0 Å². The second-order valence-electron chi connectivity index (χ2n) is 5.28. The zero-order chi connectivity index (χ0) is 14.8. The van der Waals surface area contributed by atoms with E-state index in [4.69, 9.17) is 5.14 Å². The van der Waals surface area contributed by atoms with Gasteiger partial charge in [0.25, 0.3) is 0 Å². The maximum Gasteiger partial charge on any atom is 0.239 e. The smallest absolute Gasteiger partial charge is 0.225 e. The molecular weight excluding hydrogens is 298 g/mol. The molecule has 112 valence electrons. The van der Waals surface area contributed by atoms with Crippen LogP contribution in [0.4, 0.5) is 0 Å². The van der Waals surface area contributed by atoms with Crippen molar-refractivity contribution in [2.75, 3.05) is 5.75 Å². The fourth-order valence-electron chi connectivity index (χ4n) is 2.70. The Morgan fingerprint density at radius 1 is 0.950 bits per heavy atom. The Balaban J connectivity index is 2.34. The van der Waals surface area contributed by atoms with Crippen molar-refractivity contribution in [3.63, 3.8) is 0 Å². The molecule has 20 heavy (non-hydrogen) atoms. The first-order valence-electron chi connectivity index (χ1n) is 6.65. The second kappa shape index (κ2) is 5.83. The highest BCUT2D eigenvalue weighted by molar-refractivity contribution is 7.93. The molecule has 0 bridgehead atoms. The minimum absolute atomic E-state index is 0.000463. The van der Waals surface area contributed by atoms with Crippen molar-refractivity contribution in [3.8, 4) is 0 Å². The van der Waals surface area contributed by atoms with Crippen molar-refractivity contribution >= 4 is 19.9 Å². The van der Waals surface area contributed by atoms with Gasteiger partial charge >= 0.3 is 0 Å². The molecule has 7 heteroatoms. The average Bonchev–Trinajstić information content (AvgIpc) is 2.38. The number of nitrogens with two attached hydrogens (primary N) is 1. The number of rotatable bonds is 4. The van der Waals surface area contributed by atoms with Crippen molar-refractivity contribution < 1.29 is 16.8 Å². The predicted molar refractivity (Wildman–Crippen MR) is 76.4 cm³/mol. The van der Waals surface area contributed by atoms with Crippen LogP contribution in [0.5, 0.6) is 0 Å². The van der Waals surface area contributed by atoms with Gasteiger partial charge in [-0.3, -0.25) is 0 Å². The summed E-state index contributed by atoms with van der Waals surface area (Å²) < 4.78 is 47.9. The minimum Gasteiger partial charge on any atom is -0.225 e.